The Hall–Kier alpha value is -1.88. The second kappa shape index (κ2) is 4.66. The molecule has 0 saturated heterocycles. The second-order valence-corrected chi connectivity index (χ2v) is 5.55. The number of carbonyl (C=O) groups excluding carboxylic acids is 1. The van der Waals surface area contributed by atoms with E-state index in [1.807, 2.05) is 13.0 Å². The Morgan fingerprint density at radius 1 is 1.47 bits per heavy atom. The summed E-state index contributed by atoms with van der Waals surface area (Å²) in [6, 6.07) is 1.90. The summed E-state index contributed by atoms with van der Waals surface area (Å²) in [4.78, 5) is 16.4. The van der Waals surface area contributed by atoms with E-state index in [-0.39, 0.29) is 6.61 Å². The first-order valence-electron chi connectivity index (χ1n) is 6.12. The Labute approximate surface area is 111 Å². The lowest BCUT2D eigenvalue weighted by Gasteiger charge is -2.19. The van der Waals surface area contributed by atoms with Crippen molar-refractivity contribution in [3.8, 4) is 0 Å². The van der Waals surface area contributed by atoms with E-state index < -0.39 is 11.7 Å². The predicted octanol–water partition coefficient (Wildman–Crippen LogP) is 2.62. The molecule has 2 aromatic heterocycles. The standard InChI is InChI=1S/C14H18N2O3/c1-9-5-11-10(8-17)7-16(12(11)15-6-9)13(18)19-14(2,3)4/h5-7,17H,8H2,1-4H3. The van der Waals surface area contributed by atoms with Crippen LogP contribution in [0.2, 0.25) is 0 Å². The third-order valence-corrected chi connectivity index (χ3v) is 2.62. The highest BCUT2D eigenvalue weighted by molar-refractivity contribution is 5.89. The number of fused-ring (bicyclic) bond motifs is 1. The summed E-state index contributed by atoms with van der Waals surface area (Å²) in [7, 11) is 0. The quantitative estimate of drug-likeness (QED) is 0.858. The van der Waals surface area contributed by atoms with Crippen molar-refractivity contribution in [1.29, 1.82) is 0 Å². The van der Waals surface area contributed by atoms with Crippen LogP contribution in [0.1, 0.15) is 31.9 Å². The van der Waals surface area contributed by atoms with Crippen molar-refractivity contribution in [1.82, 2.24) is 9.55 Å². The van der Waals surface area contributed by atoms with Crippen LogP contribution in [0, 0.1) is 6.92 Å². The SMILES string of the molecule is Cc1cnc2c(c1)c(CO)cn2C(=O)OC(C)(C)C. The van der Waals surface area contributed by atoms with Crippen molar-refractivity contribution < 1.29 is 14.6 Å². The number of pyridine rings is 1. The van der Waals surface area contributed by atoms with Gasteiger partial charge in [0.15, 0.2) is 0 Å². The first-order valence-corrected chi connectivity index (χ1v) is 6.12. The fourth-order valence-electron chi connectivity index (χ4n) is 1.85. The molecule has 0 spiro atoms. The molecule has 0 saturated carbocycles. The molecule has 0 fully saturated rings. The molecule has 5 nitrogen and oxygen atoms in total. The van der Waals surface area contributed by atoms with Gasteiger partial charge in [0.2, 0.25) is 0 Å². The molecular weight excluding hydrogens is 244 g/mol. The van der Waals surface area contributed by atoms with Crippen molar-refractivity contribution >= 4 is 17.1 Å². The highest BCUT2D eigenvalue weighted by Gasteiger charge is 2.21. The molecule has 102 valence electrons. The van der Waals surface area contributed by atoms with Gasteiger partial charge in [-0.15, -0.1) is 0 Å². The number of hydrogen-bond acceptors (Lipinski definition) is 4. The van der Waals surface area contributed by atoms with E-state index in [4.69, 9.17) is 4.74 Å². The molecule has 5 heteroatoms. The molecule has 0 aliphatic heterocycles. The molecule has 0 aliphatic rings. The monoisotopic (exact) mass is 262 g/mol. The van der Waals surface area contributed by atoms with Gasteiger partial charge in [-0.25, -0.2) is 14.3 Å². The fraction of sp³-hybridized carbons (Fsp3) is 0.429. The zero-order chi connectivity index (χ0) is 14.2. The predicted molar refractivity (Wildman–Crippen MR) is 72.0 cm³/mol. The summed E-state index contributed by atoms with van der Waals surface area (Å²) in [5.74, 6) is 0. The van der Waals surface area contributed by atoms with Gasteiger partial charge in [0.25, 0.3) is 0 Å². The zero-order valence-corrected chi connectivity index (χ0v) is 11.6. The van der Waals surface area contributed by atoms with Gasteiger partial charge in [0.1, 0.15) is 11.2 Å². The number of carbonyl (C=O) groups is 1. The second-order valence-electron chi connectivity index (χ2n) is 5.55. The number of aryl methyl sites for hydroxylation is 1. The molecule has 2 rings (SSSR count). The number of nitrogens with zero attached hydrogens (tertiary/aromatic N) is 2. The molecule has 2 heterocycles. The van der Waals surface area contributed by atoms with Crippen molar-refractivity contribution in [3.63, 3.8) is 0 Å². The normalized spacial score (nSPS) is 11.8. The summed E-state index contributed by atoms with van der Waals surface area (Å²) in [6.07, 6.45) is 2.77. The van der Waals surface area contributed by atoms with E-state index in [0.29, 0.717) is 11.2 Å². The van der Waals surface area contributed by atoms with E-state index in [1.54, 1.807) is 33.2 Å². The molecule has 0 aliphatic carbocycles. The minimum Gasteiger partial charge on any atom is -0.443 e. The van der Waals surface area contributed by atoms with Crippen LogP contribution in [0.4, 0.5) is 4.79 Å². The van der Waals surface area contributed by atoms with E-state index in [0.717, 1.165) is 10.9 Å². The first kappa shape index (κ1) is 13.5. The van der Waals surface area contributed by atoms with Crippen LogP contribution in [-0.4, -0.2) is 26.4 Å². The van der Waals surface area contributed by atoms with Crippen molar-refractivity contribution in [2.24, 2.45) is 0 Å². The van der Waals surface area contributed by atoms with Crippen LogP contribution in [0.15, 0.2) is 18.5 Å². The van der Waals surface area contributed by atoms with Crippen LogP contribution in [0.3, 0.4) is 0 Å². The summed E-state index contributed by atoms with van der Waals surface area (Å²) < 4.78 is 6.66. The number of rotatable bonds is 1. The van der Waals surface area contributed by atoms with Crippen LogP contribution in [0.5, 0.6) is 0 Å². The maximum Gasteiger partial charge on any atom is 0.420 e. The van der Waals surface area contributed by atoms with E-state index in [9.17, 15) is 9.90 Å². The third kappa shape index (κ3) is 2.76. The summed E-state index contributed by atoms with van der Waals surface area (Å²) >= 11 is 0. The molecule has 1 N–H and O–H groups in total. The fourth-order valence-corrected chi connectivity index (χ4v) is 1.85. The number of aliphatic hydroxyl groups excluding tert-OH is 1. The minimum atomic E-state index is -0.572. The number of ether oxygens (including phenoxy) is 1. The van der Waals surface area contributed by atoms with Crippen molar-refractivity contribution in [3.05, 3.63) is 29.6 Å². The van der Waals surface area contributed by atoms with Crippen LogP contribution in [0.25, 0.3) is 11.0 Å². The molecule has 0 atom stereocenters. The van der Waals surface area contributed by atoms with Gasteiger partial charge in [0.05, 0.1) is 6.61 Å². The maximum absolute atomic E-state index is 12.1. The van der Waals surface area contributed by atoms with Gasteiger partial charge in [-0.05, 0) is 39.3 Å². The van der Waals surface area contributed by atoms with Crippen LogP contribution < -0.4 is 0 Å². The van der Waals surface area contributed by atoms with Gasteiger partial charge in [-0.2, -0.15) is 0 Å². The summed E-state index contributed by atoms with van der Waals surface area (Å²) in [5, 5.41) is 10.1. The van der Waals surface area contributed by atoms with E-state index in [2.05, 4.69) is 4.98 Å². The largest absolute Gasteiger partial charge is 0.443 e. The van der Waals surface area contributed by atoms with Gasteiger partial charge in [0, 0.05) is 23.3 Å². The van der Waals surface area contributed by atoms with Crippen molar-refractivity contribution in [2.75, 3.05) is 0 Å². The van der Waals surface area contributed by atoms with E-state index >= 15 is 0 Å². The molecule has 0 aromatic carbocycles. The Morgan fingerprint density at radius 2 is 2.16 bits per heavy atom. The topological polar surface area (TPSA) is 64.4 Å². The van der Waals surface area contributed by atoms with Crippen LogP contribution in [-0.2, 0) is 11.3 Å². The minimum absolute atomic E-state index is 0.141. The van der Waals surface area contributed by atoms with Crippen molar-refractivity contribution in [2.45, 2.75) is 39.9 Å². The molecule has 0 amide bonds. The Kier molecular flexibility index (Phi) is 3.32. The van der Waals surface area contributed by atoms with Gasteiger partial charge in [-0.1, -0.05) is 0 Å². The summed E-state index contributed by atoms with van der Waals surface area (Å²) in [6.45, 7) is 7.19. The lowest BCUT2D eigenvalue weighted by Crippen LogP contribution is -2.26. The average molecular weight is 262 g/mol. The lowest BCUT2D eigenvalue weighted by molar-refractivity contribution is 0.0543. The number of aliphatic hydroxyl groups is 1. The van der Waals surface area contributed by atoms with E-state index in [1.165, 1.54) is 4.57 Å². The molecular formula is C14H18N2O3. The first-order chi connectivity index (χ1) is 8.81. The Morgan fingerprint density at radius 3 is 2.74 bits per heavy atom. The Bertz CT molecular complexity index is 623. The number of aromatic nitrogens is 2. The van der Waals surface area contributed by atoms with Gasteiger partial charge >= 0.3 is 6.09 Å². The lowest BCUT2D eigenvalue weighted by atomic mass is 10.2. The molecule has 0 radical (unpaired) electrons. The Balaban J connectivity index is 2.52. The molecule has 2 aromatic rings. The highest BCUT2D eigenvalue weighted by Crippen LogP contribution is 2.22. The third-order valence-electron chi connectivity index (χ3n) is 2.62. The van der Waals surface area contributed by atoms with Gasteiger partial charge in [-0.3, -0.25) is 0 Å². The zero-order valence-electron chi connectivity index (χ0n) is 11.6. The average Bonchev–Trinajstić information content (AvgIpc) is 2.64. The molecule has 19 heavy (non-hydrogen) atoms. The van der Waals surface area contributed by atoms with Crippen LogP contribution >= 0.6 is 0 Å². The highest BCUT2D eigenvalue weighted by atomic mass is 16.6. The van der Waals surface area contributed by atoms with Gasteiger partial charge < -0.3 is 9.84 Å². The summed E-state index contributed by atoms with van der Waals surface area (Å²) in [5.41, 5.74) is 1.57. The number of hydrogen-bond donors (Lipinski definition) is 1. The maximum atomic E-state index is 12.1. The molecule has 0 unspecified atom stereocenters. The molecule has 0 bridgehead atoms. The smallest absolute Gasteiger partial charge is 0.420 e.